The second kappa shape index (κ2) is 5.40. The first-order valence-corrected chi connectivity index (χ1v) is 5.84. The van der Waals surface area contributed by atoms with Crippen molar-refractivity contribution in [3.8, 4) is 0 Å². The number of hydrogen-bond donors (Lipinski definition) is 3. The van der Waals surface area contributed by atoms with E-state index in [0.29, 0.717) is 22.6 Å². The number of amides is 1. The lowest BCUT2D eigenvalue weighted by atomic mass is 10.1. The van der Waals surface area contributed by atoms with Gasteiger partial charge in [0, 0.05) is 23.1 Å². The van der Waals surface area contributed by atoms with Crippen molar-refractivity contribution in [1.82, 2.24) is 4.98 Å². The maximum Gasteiger partial charge on any atom is 0.339 e. The Hall–Kier alpha value is -2.89. The predicted molar refractivity (Wildman–Crippen MR) is 74.2 cm³/mol. The molecule has 102 valence electrons. The highest BCUT2D eigenvalue weighted by Crippen LogP contribution is 2.21. The van der Waals surface area contributed by atoms with Crippen LogP contribution in [0.15, 0.2) is 36.5 Å². The summed E-state index contributed by atoms with van der Waals surface area (Å²) in [5.41, 5.74) is 7.42. The summed E-state index contributed by atoms with van der Waals surface area (Å²) in [6, 6.07) is 8.09. The maximum absolute atomic E-state index is 11.1. The number of anilines is 2. The highest BCUT2D eigenvalue weighted by Gasteiger charge is 2.11. The third-order valence-corrected chi connectivity index (χ3v) is 2.72. The molecule has 0 aliphatic carbocycles. The molecule has 0 spiro atoms. The molecule has 2 rings (SSSR count). The maximum atomic E-state index is 11.1. The van der Waals surface area contributed by atoms with Crippen molar-refractivity contribution in [3.63, 3.8) is 0 Å². The molecule has 0 atom stereocenters. The summed E-state index contributed by atoms with van der Waals surface area (Å²) in [7, 11) is 0. The van der Waals surface area contributed by atoms with Gasteiger partial charge in [0.25, 0.3) is 0 Å². The molecule has 1 aromatic heterocycles. The van der Waals surface area contributed by atoms with Crippen LogP contribution in [0.3, 0.4) is 0 Å². The van der Waals surface area contributed by atoms with Gasteiger partial charge in [0.15, 0.2) is 0 Å². The second-order valence-corrected chi connectivity index (χ2v) is 4.24. The number of benzene rings is 1. The lowest BCUT2D eigenvalue weighted by Crippen LogP contribution is -2.10. The van der Waals surface area contributed by atoms with Gasteiger partial charge in [0.2, 0.25) is 5.91 Å². The minimum Gasteiger partial charge on any atom is -0.478 e. The van der Waals surface area contributed by atoms with Gasteiger partial charge < -0.3 is 16.2 Å². The molecule has 0 radical (unpaired) electrons. The van der Waals surface area contributed by atoms with Gasteiger partial charge in [0.1, 0.15) is 5.56 Å². The van der Waals surface area contributed by atoms with E-state index in [1.54, 1.807) is 37.3 Å². The first kappa shape index (κ1) is 13.5. The van der Waals surface area contributed by atoms with E-state index >= 15 is 0 Å². The summed E-state index contributed by atoms with van der Waals surface area (Å²) in [6.07, 6.45) is 1.30. The number of aromatic nitrogens is 1. The largest absolute Gasteiger partial charge is 0.478 e. The van der Waals surface area contributed by atoms with Crippen molar-refractivity contribution in [1.29, 1.82) is 0 Å². The highest BCUT2D eigenvalue weighted by molar-refractivity contribution is 5.95. The predicted octanol–water partition coefficient (Wildman–Crippen LogP) is 1.93. The molecule has 0 aliphatic rings. The first-order valence-electron chi connectivity index (χ1n) is 5.84. The quantitative estimate of drug-likeness (QED) is 0.788. The van der Waals surface area contributed by atoms with E-state index in [4.69, 9.17) is 10.8 Å². The SMILES string of the molecule is Cc1cc(Nc2ccc(C(N)=O)cc2)c(C(=O)O)cn1. The third kappa shape index (κ3) is 2.92. The van der Waals surface area contributed by atoms with E-state index in [1.165, 1.54) is 6.20 Å². The van der Waals surface area contributed by atoms with Crippen LogP contribution >= 0.6 is 0 Å². The molecule has 6 nitrogen and oxygen atoms in total. The van der Waals surface area contributed by atoms with Gasteiger partial charge in [-0.05, 0) is 37.3 Å². The van der Waals surface area contributed by atoms with E-state index in [2.05, 4.69) is 10.3 Å². The fraction of sp³-hybridized carbons (Fsp3) is 0.0714. The smallest absolute Gasteiger partial charge is 0.339 e. The summed E-state index contributed by atoms with van der Waals surface area (Å²) < 4.78 is 0. The molecule has 1 amide bonds. The van der Waals surface area contributed by atoms with Crippen LogP contribution in [-0.4, -0.2) is 22.0 Å². The average molecular weight is 271 g/mol. The zero-order chi connectivity index (χ0) is 14.7. The standard InChI is InChI=1S/C14H13N3O3/c1-8-6-12(11(7-16-8)14(19)20)17-10-4-2-9(3-5-10)13(15)18/h2-7H,1H3,(H2,15,18)(H,16,17)(H,19,20). The number of carbonyl (C=O) groups excluding carboxylic acids is 1. The Morgan fingerprint density at radius 3 is 2.45 bits per heavy atom. The number of primary amides is 1. The first-order chi connectivity index (χ1) is 9.47. The Bertz CT molecular complexity index is 666. The number of rotatable bonds is 4. The van der Waals surface area contributed by atoms with Crippen LogP contribution in [-0.2, 0) is 0 Å². The van der Waals surface area contributed by atoms with Gasteiger partial charge in [-0.1, -0.05) is 0 Å². The molecule has 0 aliphatic heterocycles. The van der Waals surface area contributed by atoms with Crippen molar-refractivity contribution in [2.45, 2.75) is 6.92 Å². The number of nitrogens with zero attached hydrogens (tertiary/aromatic N) is 1. The Kier molecular flexibility index (Phi) is 3.65. The molecule has 20 heavy (non-hydrogen) atoms. The molecule has 0 fully saturated rings. The van der Waals surface area contributed by atoms with E-state index in [1.807, 2.05) is 0 Å². The van der Waals surface area contributed by atoms with Crippen LogP contribution in [0.4, 0.5) is 11.4 Å². The Labute approximate surface area is 115 Å². The number of aryl methyl sites for hydroxylation is 1. The van der Waals surface area contributed by atoms with E-state index in [-0.39, 0.29) is 5.56 Å². The average Bonchev–Trinajstić information content (AvgIpc) is 2.39. The fourth-order valence-corrected chi connectivity index (χ4v) is 1.71. The van der Waals surface area contributed by atoms with Crippen LogP contribution < -0.4 is 11.1 Å². The van der Waals surface area contributed by atoms with Crippen molar-refractivity contribution in [3.05, 3.63) is 53.3 Å². The molecule has 2 aromatic rings. The molecule has 0 saturated heterocycles. The molecular weight excluding hydrogens is 258 g/mol. The van der Waals surface area contributed by atoms with Crippen molar-refractivity contribution >= 4 is 23.3 Å². The second-order valence-electron chi connectivity index (χ2n) is 4.24. The normalized spacial score (nSPS) is 10.1. The summed E-state index contributed by atoms with van der Waals surface area (Å²) in [4.78, 5) is 26.1. The number of aromatic carboxylic acids is 1. The van der Waals surface area contributed by atoms with E-state index in [9.17, 15) is 9.59 Å². The summed E-state index contributed by atoms with van der Waals surface area (Å²) in [5.74, 6) is -1.57. The summed E-state index contributed by atoms with van der Waals surface area (Å²) in [6.45, 7) is 1.77. The van der Waals surface area contributed by atoms with Gasteiger partial charge >= 0.3 is 5.97 Å². The highest BCUT2D eigenvalue weighted by atomic mass is 16.4. The molecule has 1 heterocycles. The zero-order valence-corrected chi connectivity index (χ0v) is 10.8. The van der Waals surface area contributed by atoms with Crippen molar-refractivity contribution < 1.29 is 14.7 Å². The van der Waals surface area contributed by atoms with Gasteiger partial charge in [-0.25, -0.2) is 4.79 Å². The molecule has 6 heteroatoms. The van der Waals surface area contributed by atoms with E-state index < -0.39 is 11.9 Å². The molecule has 0 unspecified atom stereocenters. The van der Waals surface area contributed by atoms with E-state index in [0.717, 1.165) is 0 Å². The Morgan fingerprint density at radius 1 is 1.25 bits per heavy atom. The number of carbonyl (C=O) groups is 2. The summed E-state index contributed by atoms with van der Waals surface area (Å²) in [5, 5.41) is 12.1. The van der Waals surface area contributed by atoms with Gasteiger partial charge in [0.05, 0.1) is 5.69 Å². The Balaban J connectivity index is 2.31. The molecular formula is C14H13N3O3. The topological polar surface area (TPSA) is 105 Å². The van der Waals surface area contributed by atoms with Crippen LogP contribution in [0, 0.1) is 6.92 Å². The zero-order valence-electron chi connectivity index (χ0n) is 10.8. The van der Waals surface area contributed by atoms with Crippen LogP contribution in [0.5, 0.6) is 0 Å². The monoisotopic (exact) mass is 271 g/mol. The molecule has 1 aromatic carbocycles. The number of nitrogens with two attached hydrogens (primary N) is 1. The van der Waals surface area contributed by atoms with Crippen LogP contribution in [0.1, 0.15) is 26.4 Å². The number of pyridine rings is 1. The third-order valence-electron chi connectivity index (χ3n) is 2.72. The summed E-state index contributed by atoms with van der Waals surface area (Å²) >= 11 is 0. The van der Waals surface area contributed by atoms with Crippen molar-refractivity contribution in [2.24, 2.45) is 5.73 Å². The molecule has 0 saturated carbocycles. The molecule has 0 bridgehead atoms. The number of hydrogen-bond acceptors (Lipinski definition) is 4. The Morgan fingerprint density at radius 2 is 1.90 bits per heavy atom. The number of carboxylic acids is 1. The van der Waals surface area contributed by atoms with Crippen molar-refractivity contribution in [2.75, 3.05) is 5.32 Å². The fourth-order valence-electron chi connectivity index (χ4n) is 1.71. The number of carboxylic acid groups (broad SMARTS) is 1. The minimum absolute atomic E-state index is 0.0783. The van der Waals surface area contributed by atoms with Gasteiger partial charge in [-0.2, -0.15) is 0 Å². The van der Waals surface area contributed by atoms with Crippen LogP contribution in [0.25, 0.3) is 0 Å². The number of nitrogens with one attached hydrogen (secondary N) is 1. The van der Waals surface area contributed by atoms with Crippen LogP contribution in [0.2, 0.25) is 0 Å². The lowest BCUT2D eigenvalue weighted by Gasteiger charge is -2.10. The van der Waals surface area contributed by atoms with Gasteiger partial charge in [-0.15, -0.1) is 0 Å². The molecule has 4 N–H and O–H groups in total. The lowest BCUT2D eigenvalue weighted by molar-refractivity contribution is 0.0697. The van der Waals surface area contributed by atoms with Gasteiger partial charge in [-0.3, -0.25) is 9.78 Å². The minimum atomic E-state index is -1.06.